The maximum absolute atomic E-state index is 9.78. The van der Waals surface area contributed by atoms with E-state index in [2.05, 4.69) is 0 Å². The minimum Gasteiger partial charge on any atom is -0.499 e. The van der Waals surface area contributed by atoms with E-state index in [1.54, 1.807) is 25.0 Å². The van der Waals surface area contributed by atoms with Crippen LogP contribution >= 0.6 is 11.8 Å². The molecule has 0 spiro atoms. The van der Waals surface area contributed by atoms with E-state index in [1.807, 2.05) is 24.5 Å². The third kappa shape index (κ3) is 1.61. The molecule has 0 aliphatic rings. The van der Waals surface area contributed by atoms with Gasteiger partial charge in [0.2, 0.25) is 5.75 Å². The van der Waals surface area contributed by atoms with Gasteiger partial charge in [-0.25, -0.2) is 0 Å². The third-order valence-electron chi connectivity index (χ3n) is 2.39. The normalized spacial score (nSPS) is 10.8. The molecule has 3 nitrogen and oxygen atoms in total. The number of nitrogens with zero attached hydrogens (tertiary/aromatic N) is 1. The first-order valence-corrected chi connectivity index (χ1v) is 5.74. The summed E-state index contributed by atoms with van der Waals surface area (Å²) >= 11 is 1.60. The van der Waals surface area contributed by atoms with Crippen LogP contribution in [0.2, 0.25) is 0 Å². The monoisotopic (exact) mass is 222 g/mol. The number of aromatic nitrogens is 1. The molecule has 0 saturated heterocycles. The third-order valence-corrected chi connectivity index (χ3v) is 3.12. The molecule has 0 amide bonds. The summed E-state index contributed by atoms with van der Waals surface area (Å²) in [6, 6.07) is 5.79. The van der Waals surface area contributed by atoms with Crippen molar-refractivity contribution in [3.8, 4) is 11.6 Å². The Labute approximate surface area is 92.0 Å². The maximum Gasteiger partial charge on any atom is 0.409 e. The second kappa shape index (κ2) is 3.62. The van der Waals surface area contributed by atoms with Crippen molar-refractivity contribution in [1.29, 1.82) is 0 Å². The predicted octanol–water partition coefficient (Wildman–Crippen LogP) is 1.80. The number of hydrogen-bond donors (Lipinski definition) is 2. The van der Waals surface area contributed by atoms with E-state index in [0.717, 1.165) is 10.3 Å². The summed E-state index contributed by atoms with van der Waals surface area (Å²) in [5.74, 6) is -0.174. The zero-order chi connectivity index (χ0) is 11.0. The van der Waals surface area contributed by atoms with Crippen LogP contribution in [0.3, 0.4) is 0 Å². The van der Waals surface area contributed by atoms with E-state index in [9.17, 15) is 10.2 Å². The fourth-order valence-electron chi connectivity index (χ4n) is 1.54. The molecule has 2 aromatic rings. The average molecular weight is 222 g/mol. The molecule has 0 unspecified atom stereocenters. The van der Waals surface area contributed by atoms with Gasteiger partial charge in [0.25, 0.3) is 0 Å². The van der Waals surface area contributed by atoms with Crippen LogP contribution < -0.4 is 4.57 Å². The van der Waals surface area contributed by atoms with Crippen LogP contribution in [0.1, 0.15) is 0 Å². The minimum absolute atomic E-state index is 0.0640. The second-order valence-corrected chi connectivity index (χ2v) is 4.25. The lowest BCUT2D eigenvalue weighted by atomic mass is 10.1. The van der Waals surface area contributed by atoms with Crippen LogP contribution in [0.4, 0.5) is 0 Å². The van der Waals surface area contributed by atoms with Crippen LogP contribution in [0.25, 0.3) is 10.8 Å². The van der Waals surface area contributed by atoms with Gasteiger partial charge in [0, 0.05) is 15.7 Å². The van der Waals surface area contributed by atoms with E-state index in [-0.39, 0.29) is 11.6 Å². The van der Waals surface area contributed by atoms with Gasteiger partial charge in [-0.2, -0.15) is 4.57 Å². The standard InChI is InChI=1S/C11H11NO2S/c1-12-6-7-3-4-8(15-2)5-9(7)10(13)11(12)14/h3-6,13H,1-2H3/p+1. The second-order valence-electron chi connectivity index (χ2n) is 3.37. The van der Waals surface area contributed by atoms with Crippen molar-refractivity contribution in [3.63, 3.8) is 0 Å². The van der Waals surface area contributed by atoms with Crippen LogP contribution in [0.5, 0.6) is 11.6 Å². The lowest BCUT2D eigenvalue weighted by Crippen LogP contribution is -2.27. The van der Waals surface area contributed by atoms with Crippen molar-refractivity contribution < 1.29 is 14.8 Å². The number of benzene rings is 1. The van der Waals surface area contributed by atoms with E-state index in [1.165, 1.54) is 4.57 Å². The van der Waals surface area contributed by atoms with Gasteiger partial charge in [0.05, 0.1) is 0 Å². The molecular formula is C11H12NO2S+. The molecule has 0 radical (unpaired) electrons. The summed E-state index contributed by atoms with van der Waals surface area (Å²) < 4.78 is 1.50. The Morgan fingerprint density at radius 2 is 2.00 bits per heavy atom. The number of thioether (sulfide) groups is 1. The Kier molecular flexibility index (Phi) is 2.44. The van der Waals surface area contributed by atoms with Gasteiger partial charge in [-0.15, -0.1) is 11.8 Å². The Bertz CT molecular complexity index is 525. The summed E-state index contributed by atoms with van der Waals surface area (Å²) in [7, 11) is 1.69. The van der Waals surface area contributed by atoms with Crippen molar-refractivity contribution in [3.05, 3.63) is 24.4 Å². The topological polar surface area (TPSA) is 44.3 Å². The van der Waals surface area contributed by atoms with E-state index in [4.69, 9.17) is 0 Å². The van der Waals surface area contributed by atoms with Crippen LogP contribution in [-0.2, 0) is 7.05 Å². The summed E-state index contributed by atoms with van der Waals surface area (Å²) in [5.41, 5.74) is 0. The smallest absolute Gasteiger partial charge is 0.409 e. The molecule has 2 N–H and O–H groups in total. The van der Waals surface area contributed by atoms with Gasteiger partial charge >= 0.3 is 5.88 Å². The number of rotatable bonds is 1. The van der Waals surface area contributed by atoms with Crippen molar-refractivity contribution in [2.45, 2.75) is 4.90 Å². The highest BCUT2D eigenvalue weighted by atomic mass is 32.2. The fraction of sp³-hybridized carbons (Fsp3) is 0.182. The van der Waals surface area contributed by atoms with Crippen LogP contribution in [0.15, 0.2) is 29.3 Å². The Balaban J connectivity index is 2.81. The Hall–Kier alpha value is -1.42. The molecule has 78 valence electrons. The van der Waals surface area contributed by atoms with Crippen LogP contribution in [-0.4, -0.2) is 16.5 Å². The van der Waals surface area contributed by atoms with E-state index >= 15 is 0 Å². The van der Waals surface area contributed by atoms with Gasteiger partial charge in [-0.1, -0.05) is 0 Å². The Morgan fingerprint density at radius 3 is 2.67 bits per heavy atom. The van der Waals surface area contributed by atoms with Gasteiger partial charge in [-0.05, 0) is 24.5 Å². The molecule has 1 heterocycles. The number of pyridine rings is 1. The first kappa shape index (κ1) is 10.1. The molecule has 0 atom stereocenters. The summed E-state index contributed by atoms with van der Waals surface area (Å²) in [6.07, 6.45) is 3.76. The zero-order valence-electron chi connectivity index (χ0n) is 8.56. The summed E-state index contributed by atoms with van der Waals surface area (Å²) in [6.45, 7) is 0. The van der Waals surface area contributed by atoms with Gasteiger partial charge < -0.3 is 10.2 Å². The van der Waals surface area contributed by atoms with Crippen molar-refractivity contribution in [1.82, 2.24) is 0 Å². The van der Waals surface area contributed by atoms with Crippen molar-refractivity contribution in [2.24, 2.45) is 7.05 Å². The molecule has 15 heavy (non-hydrogen) atoms. The number of fused-ring (bicyclic) bond motifs is 1. The number of aromatic hydroxyl groups is 2. The largest absolute Gasteiger partial charge is 0.499 e. The molecule has 0 fully saturated rings. The highest BCUT2D eigenvalue weighted by Crippen LogP contribution is 2.32. The minimum atomic E-state index is -0.110. The highest BCUT2D eigenvalue weighted by molar-refractivity contribution is 7.98. The molecular weight excluding hydrogens is 210 g/mol. The van der Waals surface area contributed by atoms with E-state index < -0.39 is 0 Å². The van der Waals surface area contributed by atoms with Crippen LogP contribution in [0, 0.1) is 0 Å². The first-order valence-electron chi connectivity index (χ1n) is 4.52. The number of hydrogen-bond acceptors (Lipinski definition) is 3. The van der Waals surface area contributed by atoms with Gasteiger partial charge in [0.1, 0.15) is 7.05 Å². The van der Waals surface area contributed by atoms with E-state index in [0.29, 0.717) is 5.39 Å². The number of aryl methyl sites for hydroxylation is 1. The fourth-order valence-corrected chi connectivity index (χ4v) is 1.98. The van der Waals surface area contributed by atoms with Crippen molar-refractivity contribution >= 4 is 22.5 Å². The first-order chi connectivity index (χ1) is 7.13. The zero-order valence-corrected chi connectivity index (χ0v) is 9.38. The molecule has 4 heteroatoms. The predicted molar refractivity (Wildman–Crippen MR) is 60.2 cm³/mol. The van der Waals surface area contributed by atoms with Gasteiger partial charge in [-0.3, -0.25) is 0 Å². The molecule has 0 bridgehead atoms. The molecule has 1 aromatic carbocycles. The quantitative estimate of drug-likeness (QED) is 0.571. The lowest BCUT2D eigenvalue weighted by Gasteiger charge is -2.03. The Morgan fingerprint density at radius 1 is 1.27 bits per heavy atom. The maximum atomic E-state index is 9.78. The summed E-state index contributed by atoms with van der Waals surface area (Å²) in [4.78, 5) is 1.06. The SMILES string of the molecule is CSc1ccc2c[n+](C)c(O)c(O)c2c1. The van der Waals surface area contributed by atoms with Gasteiger partial charge in [0.15, 0.2) is 6.20 Å². The molecule has 0 saturated carbocycles. The highest BCUT2D eigenvalue weighted by Gasteiger charge is 2.16. The molecule has 2 rings (SSSR count). The molecule has 0 aliphatic carbocycles. The van der Waals surface area contributed by atoms with Crippen molar-refractivity contribution in [2.75, 3.05) is 6.26 Å². The molecule has 1 aromatic heterocycles. The summed E-state index contributed by atoms with van der Waals surface area (Å²) in [5, 5.41) is 20.9. The average Bonchev–Trinajstić information content (AvgIpc) is 2.26. The lowest BCUT2D eigenvalue weighted by molar-refractivity contribution is -0.676. The molecule has 0 aliphatic heterocycles.